The largest absolute Gasteiger partial charge is 0.294 e. The maximum Gasteiger partial charge on any atom is 0.167 e. The summed E-state index contributed by atoms with van der Waals surface area (Å²) in [6.45, 7) is 3.90. The number of allylic oxidation sites excluding steroid dienone is 1. The molecule has 0 aromatic heterocycles. The summed E-state index contributed by atoms with van der Waals surface area (Å²) in [6, 6.07) is 11.6. The molecule has 0 heterocycles. The van der Waals surface area contributed by atoms with Gasteiger partial charge in [-0.25, -0.2) is 0 Å². The minimum Gasteiger partial charge on any atom is -0.294 e. The maximum atomic E-state index is 12.3. The van der Waals surface area contributed by atoms with Crippen molar-refractivity contribution < 1.29 is 9.59 Å². The zero-order valence-electron chi connectivity index (χ0n) is 12.7. The van der Waals surface area contributed by atoms with Crippen LogP contribution in [0.3, 0.4) is 0 Å². The summed E-state index contributed by atoms with van der Waals surface area (Å²) in [6.07, 6.45) is 2.46. The van der Waals surface area contributed by atoms with Crippen molar-refractivity contribution in [3.8, 4) is 0 Å². The first-order chi connectivity index (χ1) is 10.4. The molecule has 22 heavy (non-hydrogen) atoms. The Morgan fingerprint density at radius 2 is 1.64 bits per heavy atom. The van der Waals surface area contributed by atoms with Crippen LogP contribution in [0.4, 0.5) is 0 Å². The number of rotatable bonds is 1. The van der Waals surface area contributed by atoms with E-state index in [1.54, 1.807) is 12.1 Å². The van der Waals surface area contributed by atoms with Crippen LogP contribution in [-0.2, 0) is 9.59 Å². The van der Waals surface area contributed by atoms with Crippen LogP contribution in [0, 0.1) is 5.41 Å². The first kappa shape index (κ1) is 15.0. The quantitative estimate of drug-likeness (QED) is 0.558. The highest BCUT2D eigenvalue weighted by Gasteiger charge is 2.35. The molecule has 0 bridgehead atoms. The van der Waals surface area contributed by atoms with Crippen LogP contribution in [0.2, 0.25) is 5.02 Å². The van der Waals surface area contributed by atoms with Gasteiger partial charge < -0.3 is 0 Å². The Hall–Kier alpha value is -1.93. The summed E-state index contributed by atoms with van der Waals surface area (Å²) in [4.78, 5) is 24.7. The molecule has 1 saturated carbocycles. The Morgan fingerprint density at radius 1 is 1.00 bits per heavy atom. The Balaban J connectivity index is 2.15. The van der Waals surface area contributed by atoms with Gasteiger partial charge in [0.1, 0.15) is 0 Å². The number of carbonyl (C=O) groups excluding carboxylic acids is 2. The van der Waals surface area contributed by atoms with E-state index in [2.05, 4.69) is 0 Å². The fourth-order valence-corrected chi connectivity index (χ4v) is 3.22. The Kier molecular flexibility index (Phi) is 3.65. The van der Waals surface area contributed by atoms with Crippen LogP contribution < -0.4 is 0 Å². The third-order valence-electron chi connectivity index (χ3n) is 4.09. The maximum absolute atomic E-state index is 12.3. The highest BCUT2D eigenvalue weighted by atomic mass is 35.5. The number of benzene rings is 2. The first-order valence-electron chi connectivity index (χ1n) is 7.33. The minimum absolute atomic E-state index is 0.0924. The van der Waals surface area contributed by atoms with Crippen molar-refractivity contribution in [3.63, 3.8) is 0 Å². The van der Waals surface area contributed by atoms with Gasteiger partial charge in [0, 0.05) is 23.4 Å². The minimum atomic E-state index is -0.256. The first-order valence-corrected chi connectivity index (χ1v) is 7.70. The smallest absolute Gasteiger partial charge is 0.167 e. The number of hydrogen-bond acceptors (Lipinski definition) is 2. The van der Waals surface area contributed by atoms with Crippen molar-refractivity contribution in [2.75, 3.05) is 0 Å². The summed E-state index contributed by atoms with van der Waals surface area (Å²) >= 11 is 6.31. The van der Waals surface area contributed by atoms with Crippen molar-refractivity contribution in [2.45, 2.75) is 26.7 Å². The predicted molar refractivity (Wildman–Crippen MR) is 90.0 cm³/mol. The van der Waals surface area contributed by atoms with Crippen molar-refractivity contribution in [2.24, 2.45) is 5.41 Å². The van der Waals surface area contributed by atoms with Gasteiger partial charge in [0.05, 0.1) is 5.57 Å². The molecular weight excluding hydrogens is 296 g/mol. The highest BCUT2D eigenvalue weighted by molar-refractivity contribution is 6.34. The second kappa shape index (κ2) is 5.36. The van der Waals surface area contributed by atoms with Gasteiger partial charge in [0.2, 0.25) is 0 Å². The molecule has 2 aromatic carbocycles. The van der Waals surface area contributed by atoms with E-state index in [0.717, 1.165) is 16.3 Å². The number of carbonyl (C=O) groups is 2. The van der Waals surface area contributed by atoms with Gasteiger partial charge in [-0.1, -0.05) is 55.8 Å². The summed E-state index contributed by atoms with van der Waals surface area (Å²) in [5.41, 5.74) is 0.766. The molecule has 0 N–H and O–H groups in total. The summed E-state index contributed by atoms with van der Waals surface area (Å²) in [5, 5.41) is 2.54. The van der Waals surface area contributed by atoms with E-state index < -0.39 is 0 Å². The Bertz CT molecular complexity index is 793. The summed E-state index contributed by atoms with van der Waals surface area (Å²) < 4.78 is 0. The molecule has 1 aliphatic carbocycles. The number of Topliss-reactive ketones (excluding diaryl/α,β-unsaturated/α-hetero) is 2. The van der Waals surface area contributed by atoms with Crippen LogP contribution in [0.5, 0.6) is 0 Å². The molecule has 0 saturated heterocycles. The van der Waals surface area contributed by atoms with E-state index >= 15 is 0 Å². The molecule has 0 unspecified atom stereocenters. The number of ketones is 2. The number of halogens is 1. The van der Waals surface area contributed by atoms with E-state index in [9.17, 15) is 9.59 Å². The standard InChI is InChI=1S/C19H17ClO2/c1-19(2)10-17(21)15(18(22)11-19)9-14-13-6-4-3-5-12(13)7-8-16(14)20/h3-9H,10-11H2,1-2H3. The average Bonchev–Trinajstić information content (AvgIpc) is 2.43. The molecule has 0 amide bonds. The van der Waals surface area contributed by atoms with Gasteiger partial charge in [-0.2, -0.15) is 0 Å². The lowest BCUT2D eigenvalue weighted by atomic mass is 9.73. The monoisotopic (exact) mass is 312 g/mol. The Labute approximate surface area is 134 Å². The van der Waals surface area contributed by atoms with Gasteiger partial charge in [0.25, 0.3) is 0 Å². The van der Waals surface area contributed by atoms with Crippen molar-refractivity contribution in [1.29, 1.82) is 0 Å². The van der Waals surface area contributed by atoms with E-state index in [1.807, 2.05) is 44.2 Å². The molecule has 3 heteroatoms. The highest BCUT2D eigenvalue weighted by Crippen LogP contribution is 2.36. The van der Waals surface area contributed by atoms with Gasteiger partial charge in [-0.3, -0.25) is 9.59 Å². The molecule has 0 aliphatic heterocycles. The molecule has 112 valence electrons. The van der Waals surface area contributed by atoms with Gasteiger partial charge in [-0.15, -0.1) is 0 Å². The number of fused-ring (bicyclic) bond motifs is 1. The predicted octanol–water partition coefficient (Wildman–Crippen LogP) is 4.83. The topological polar surface area (TPSA) is 34.1 Å². The normalized spacial score (nSPS) is 17.9. The van der Waals surface area contributed by atoms with E-state index in [4.69, 9.17) is 11.6 Å². The van der Waals surface area contributed by atoms with Crippen LogP contribution >= 0.6 is 11.6 Å². The molecule has 0 spiro atoms. The van der Waals surface area contributed by atoms with Gasteiger partial charge in [0.15, 0.2) is 11.6 Å². The SMILES string of the molecule is CC1(C)CC(=O)C(=Cc2c(Cl)ccc3ccccc23)C(=O)C1. The lowest BCUT2D eigenvalue weighted by Crippen LogP contribution is -2.31. The van der Waals surface area contributed by atoms with Crippen LogP contribution in [-0.4, -0.2) is 11.6 Å². The Morgan fingerprint density at radius 3 is 2.32 bits per heavy atom. The molecule has 0 radical (unpaired) electrons. The molecule has 0 atom stereocenters. The van der Waals surface area contributed by atoms with Crippen LogP contribution in [0.1, 0.15) is 32.3 Å². The molecule has 2 nitrogen and oxygen atoms in total. The molecule has 1 aliphatic rings. The molecular formula is C19H17ClO2. The third-order valence-corrected chi connectivity index (χ3v) is 4.41. The van der Waals surface area contributed by atoms with Gasteiger partial charge >= 0.3 is 0 Å². The lowest BCUT2D eigenvalue weighted by Gasteiger charge is -2.28. The third kappa shape index (κ3) is 2.71. The van der Waals surface area contributed by atoms with Crippen LogP contribution in [0.25, 0.3) is 16.8 Å². The van der Waals surface area contributed by atoms with Crippen molar-refractivity contribution in [3.05, 3.63) is 52.6 Å². The average molecular weight is 313 g/mol. The van der Waals surface area contributed by atoms with E-state index in [-0.39, 0.29) is 22.6 Å². The van der Waals surface area contributed by atoms with Gasteiger partial charge in [-0.05, 0) is 28.3 Å². The summed E-state index contributed by atoms with van der Waals surface area (Å²) in [5.74, 6) is -0.185. The zero-order valence-corrected chi connectivity index (χ0v) is 13.4. The van der Waals surface area contributed by atoms with E-state index in [1.165, 1.54) is 0 Å². The molecule has 1 fully saturated rings. The molecule has 3 rings (SSSR count). The summed E-state index contributed by atoms with van der Waals surface area (Å²) in [7, 11) is 0. The van der Waals surface area contributed by atoms with Crippen LogP contribution in [0.15, 0.2) is 42.0 Å². The second-order valence-corrected chi connectivity index (χ2v) is 7.01. The second-order valence-electron chi connectivity index (χ2n) is 6.60. The van der Waals surface area contributed by atoms with E-state index in [0.29, 0.717) is 17.9 Å². The molecule has 2 aromatic rings. The zero-order chi connectivity index (χ0) is 15.9. The number of hydrogen-bond donors (Lipinski definition) is 0. The van der Waals surface area contributed by atoms with Crippen molar-refractivity contribution >= 4 is 40.0 Å². The fourth-order valence-electron chi connectivity index (χ4n) is 3.00. The fraction of sp³-hybridized carbons (Fsp3) is 0.263. The lowest BCUT2D eigenvalue weighted by molar-refractivity contribution is -0.127. The van der Waals surface area contributed by atoms with Crippen molar-refractivity contribution in [1.82, 2.24) is 0 Å².